The predicted octanol–water partition coefficient (Wildman–Crippen LogP) is 0.0512. The number of carbonyl (C=O) groups excluding carboxylic acids is 1. The van der Waals surface area contributed by atoms with E-state index in [9.17, 15) is 4.79 Å². The SMILES string of the molecule is COC(=O)CNC(C)CC#N. The van der Waals surface area contributed by atoms with Crippen LogP contribution >= 0.6 is 0 Å². The van der Waals surface area contributed by atoms with Crippen LogP contribution < -0.4 is 5.32 Å². The van der Waals surface area contributed by atoms with Crippen molar-refractivity contribution < 1.29 is 9.53 Å². The average Bonchev–Trinajstić information content (AvgIpc) is 2.01. The molecule has 1 N–H and O–H groups in total. The Morgan fingerprint density at radius 2 is 2.45 bits per heavy atom. The minimum atomic E-state index is -0.310. The van der Waals surface area contributed by atoms with Gasteiger partial charge in [0.05, 0.1) is 26.1 Å². The molecular formula is C7H12N2O2. The minimum Gasteiger partial charge on any atom is -0.468 e. The first kappa shape index (κ1) is 9.92. The Hall–Kier alpha value is -1.08. The number of rotatable bonds is 4. The van der Waals surface area contributed by atoms with Gasteiger partial charge in [-0.05, 0) is 6.92 Å². The van der Waals surface area contributed by atoms with Gasteiger partial charge in [0.15, 0.2) is 0 Å². The standard InChI is InChI=1S/C7H12N2O2/c1-6(3-4-8)9-5-7(10)11-2/h6,9H,3,5H2,1-2H3. The van der Waals surface area contributed by atoms with Crippen LogP contribution in [0.15, 0.2) is 0 Å². The van der Waals surface area contributed by atoms with Gasteiger partial charge in [0.2, 0.25) is 0 Å². The van der Waals surface area contributed by atoms with Crippen molar-refractivity contribution >= 4 is 5.97 Å². The summed E-state index contributed by atoms with van der Waals surface area (Å²) in [7, 11) is 1.33. The van der Waals surface area contributed by atoms with Crippen molar-refractivity contribution in [2.24, 2.45) is 0 Å². The molecule has 0 aliphatic rings. The van der Waals surface area contributed by atoms with Crippen molar-refractivity contribution in [1.82, 2.24) is 5.32 Å². The highest BCUT2D eigenvalue weighted by atomic mass is 16.5. The Labute approximate surface area is 66.1 Å². The molecule has 0 radical (unpaired) electrons. The van der Waals surface area contributed by atoms with E-state index in [2.05, 4.69) is 10.1 Å². The van der Waals surface area contributed by atoms with E-state index in [-0.39, 0.29) is 18.6 Å². The van der Waals surface area contributed by atoms with Gasteiger partial charge < -0.3 is 10.1 Å². The Bertz CT molecular complexity index is 162. The van der Waals surface area contributed by atoms with Crippen molar-refractivity contribution in [3.63, 3.8) is 0 Å². The van der Waals surface area contributed by atoms with E-state index in [1.807, 2.05) is 13.0 Å². The molecule has 0 fully saturated rings. The zero-order valence-corrected chi connectivity index (χ0v) is 6.76. The highest BCUT2D eigenvalue weighted by Gasteiger charge is 2.03. The number of nitrogens with zero attached hydrogens (tertiary/aromatic N) is 1. The van der Waals surface area contributed by atoms with Crippen LogP contribution in [-0.2, 0) is 9.53 Å². The molecule has 0 saturated carbocycles. The third-order valence-corrected chi connectivity index (χ3v) is 1.22. The van der Waals surface area contributed by atoms with E-state index >= 15 is 0 Å². The number of carbonyl (C=O) groups is 1. The molecule has 1 atom stereocenters. The quantitative estimate of drug-likeness (QED) is 0.584. The van der Waals surface area contributed by atoms with Gasteiger partial charge in [-0.1, -0.05) is 0 Å². The molecule has 4 heteroatoms. The minimum absolute atomic E-state index is 0.0408. The van der Waals surface area contributed by atoms with Crippen molar-refractivity contribution in [1.29, 1.82) is 5.26 Å². The van der Waals surface area contributed by atoms with Crippen LogP contribution in [0.1, 0.15) is 13.3 Å². The summed E-state index contributed by atoms with van der Waals surface area (Å²) in [4.78, 5) is 10.6. The van der Waals surface area contributed by atoms with Crippen LogP contribution in [0.4, 0.5) is 0 Å². The monoisotopic (exact) mass is 156 g/mol. The molecule has 62 valence electrons. The summed E-state index contributed by atoms with van der Waals surface area (Å²) in [5.74, 6) is -0.310. The van der Waals surface area contributed by atoms with Gasteiger partial charge in [-0.3, -0.25) is 4.79 Å². The molecule has 1 unspecified atom stereocenters. The van der Waals surface area contributed by atoms with Gasteiger partial charge in [-0.25, -0.2) is 0 Å². The molecule has 0 spiro atoms. The highest BCUT2D eigenvalue weighted by molar-refractivity contribution is 5.71. The number of methoxy groups -OCH3 is 1. The third-order valence-electron chi connectivity index (χ3n) is 1.22. The summed E-state index contributed by atoms with van der Waals surface area (Å²) in [6.07, 6.45) is 0.400. The van der Waals surface area contributed by atoms with E-state index in [4.69, 9.17) is 5.26 Å². The van der Waals surface area contributed by atoms with Gasteiger partial charge in [-0.2, -0.15) is 5.26 Å². The second kappa shape index (κ2) is 5.69. The lowest BCUT2D eigenvalue weighted by molar-refractivity contribution is -0.139. The molecule has 0 saturated heterocycles. The number of nitrogens with one attached hydrogen (secondary N) is 1. The van der Waals surface area contributed by atoms with Crippen molar-refractivity contribution in [3.8, 4) is 6.07 Å². The zero-order chi connectivity index (χ0) is 8.69. The molecule has 0 rings (SSSR count). The summed E-state index contributed by atoms with van der Waals surface area (Å²) >= 11 is 0. The Morgan fingerprint density at radius 1 is 1.82 bits per heavy atom. The lowest BCUT2D eigenvalue weighted by atomic mass is 10.2. The summed E-state index contributed by atoms with van der Waals surface area (Å²) in [6, 6.07) is 2.04. The first-order valence-corrected chi connectivity index (χ1v) is 3.38. The average molecular weight is 156 g/mol. The van der Waals surface area contributed by atoms with E-state index in [0.717, 1.165) is 0 Å². The lowest BCUT2D eigenvalue weighted by Gasteiger charge is -2.07. The van der Waals surface area contributed by atoms with Gasteiger partial charge in [-0.15, -0.1) is 0 Å². The summed E-state index contributed by atoms with van der Waals surface area (Å²) < 4.78 is 4.39. The largest absolute Gasteiger partial charge is 0.468 e. The van der Waals surface area contributed by atoms with Gasteiger partial charge in [0.25, 0.3) is 0 Å². The molecule has 0 aliphatic heterocycles. The molecular weight excluding hydrogens is 144 g/mol. The molecule has 0 aromatic carbocycles. The molecule has 0 aromatic rings. The van der Waals surface area contributed by atoms with Crippen LogP contribution in [-0.4, -0.2) is 25.7 Å². The topological polar surface area (TPSA) is 62.1 Å². The summed E-state index contributed by atoms with van der Waals surface area (Å²) in [6.45, 7) is 2.01. The zero-order valence-electron chi connectivity index (χ0n) is 6.76. The lowest BCUT2D eigenvalue weighted by Crippen LogP contribution is -2.31. The fraction of sp³-hybridized carbons (Fsp3) is 0.714. The van der Waals surface area contributed by atoms with Crippen LogP contribution in [0.3, 0.4) is 0 Å². The Balaban J connectivity index is 3.39. The normalized spacial score (nSPS) is 11.7. The first-order valence-electron chi connectivity index (χ1n) is 3.38. The Kier molecular flexibility index (Phi) is 5.13. The highest BCUT2D eigenvalue weighted by Crippen LogP contribution is 1.86. The maximum absolute atomic E-state index is 10.6. The fourth-order valence-electron chi connectivity index (χ4n) is 0.539. The van der Waals surface area contributed by atoms with Crippen LogP contribution in [0.25, 0.3) is 0 Å². The van der Waals surface area contributed by atoms with Crippen molar-refractivity contribution in [3.05, 3.63) is 0 Å². The second-order valence-corrected chi connectivity index (χ2v) is 2.22. The Morgan fingerprint density at radius 3 is 2.91 bits per heavy atom. The molecule has 11 heavy (non-hydrogen) atoms. The number of hydrogen-bond acceptors (Lipinski definition) is 4. The molecule has 0 heterocycles. The van der Waals surface area contributed by atoms with E-state index < -0.39 is 0 Å². The number of ether oxygens (including phenoxy) is 1. The second-order valence-electron chi connectivity index (χ2n) is 2.22. The van der Waals surface area contributed by atoms with Crippen LogP contribution in [0, 0.1) is 11.3 Å². The maximum Gasteiger partial charge on any atom is 0.319 e. The summed E-state index contributed by atoms with van der Waals surface area (Å²) in [5.41, 5.74) is 0. The van der Waals surface area contributed by atoms with Gasteiger partial charge in [0.1, 0.15) is 0 Å². The number of esters is 1. The molecule has 0 amide bonds. The van der Waals surface area contributed by atoms with E-state index in [0.29, 0.717) is 6.42 Å². The van der Waals surface area contributed by atoms with E-state index in [1.165, 1.54) is 7.11 Å². The van der Waals surface area contributed by atoms with Crippen LogP contribution in [0.5, 0.6) is 0 Å². The third kappa shape index (κ3) is 5.37. The fourth-order valence-corrected chi connectivity index (χ4v) is 0.539. The van der Waals surface area contributed by atoms with Crippen molar-refractivity contribution in [2.75, 3.05) is 13.7 Å². The number of hydrogen-bond donors (Lipinski definition) is 1. The van der Waals surface area contributed by atoms with Crippen LogP contribution in [0.2, 0.25) is 0 Å². The first-order chi connectivity index (χ1) is 5.20. The molecule has 0 aromatic heterocycles. The van der Waals surface area contributed by atoms with Crippen molar-refractivity contribution in [2.45, 2.75) is 19.4 Å². The van der Waals surface area contributed by atoms with Gasteiger partial charge >= 0.3 is 5.97 Å². The van der Waals surface area contributed by atoms with E-state index in [1.54, 1.807) is 0 Å². The number of nitriles is 1. The molecule has 0 bridgehead atoms. The predicted molar refractivity (Wildman–Crippen MR) is 39.7 cm³/mol. The summed E-state index contributed by atoms with van der Waals surface area (Å²) in [5, 5.41) is 11.1. The molecule has 4 nitrogen and oxygen atoms in total. The van der Waals surface area contributed by atoms with Gasteiger partial charge in [0, 0.05) is 6.04 Å². The maximum atomic E-state index is 10.6. The smallest absolute Gasteiger partial charge is 0.319 e. The molecule has 0 aliphatic carbocycles.